The predicted octanol–water partition coefficient (Wildman–Crippen LogP) is 2.28. The van der Waals surface area contributed by atoms with Crippen molar-refractivity contribution < 1.29 is 0 Å². The minimum Gasteiger partial charge on any atom is -0.314 e. The molecule has 0 aliphatic carbocycles. The van der Waals surface area contributed by atoms with Gasteiger partial charge in [-0.25, -0.2) is 9.97 Å². The van der Waals surface area contributed by atoms with E-state index >= 15 is 0 Å². The van der Waals surface area contributed by atoms with Crippen LogP contribution in [0.3, 0.4) is 0 Å². The van der Waals surface area contributed by atoms with Gasteiger partial charge in [0.2, 0.25) is 0 Å². The number of aryl methyl sites for hydroxylation is 1. The van der Waals surface area contributed by atoms with Crippen molar-refractivity contribution in [3.8, 4) is 0 Å². The maximum atomic E-state index is 4.50. The molecule has 84 valence electrons. The molecule has 3 nitrogen and oxygen atoms in total. The van der Waals surface area contributed by atoms with Crippen LogP contribution in [-0.4, -0.2) is 22.6 Å². The summed E-state index contributed by atoms with van der Waals surface area (Å²) in [7, 11) is 0. The standard InChI is InChI=1S/C12H21N3/c1-5-11(9(3)13-6-2)12-7-8-14-10(4)15-12/h7-9,11,13H,5-6H2,1-4H3. The van der Waals surface area contributed by atoms with Crippen molar-refractivity contribution in [2.75, 3.05) is 6.54 Å². The van der Waals surface area contributed by atoms with Crippen LogP contribution >= 0.6 is 0 Å². The highest BCUT2D eigenvalue weighted by atomic mass is 14.9. The first-order chi connectivity index (χ1) is 7.19. The minimum absolute atomic E-state index is 0.467. The molecule has 1 aromatic heterocycles. The molecule has 0 bridgehead atoms. The third kappa shape index (κ3) is 3.27. The lowest BCUT2D eigenvalue weighted by Gasteiger charge is -2.22. The molecule has 3 heteroatoms. The lowest BCUT2D eigenvalue weighted by atomic mass is 9.94. The molecule has 1 heterocycles. The number of hydrogen-bond donors (Lipinski definition) is 1. The van der Waals surface area contributed by atoms with Gasteiger partial charge in [-0.1, -0.05) is 13.8 Å². The summed E-state index contributed by atoms with van der Waals surface area (Å²) in [6, 6.07) is 2.49. The van der Waals surface area contributed by atoms with Crippen LogP contribution in [0.4, 0.5) is 0 Å². The van der Waals surface area contributed by atoms with Gasteiger partial charge in [0, 0.05) is 23.9 Å². The van der Waals surface area contributed by atoms with Crippen molar-refractivity contribution in [3.05, 3.63) is 23.8 Å². The van der Waals surface area contributed by atoms with Gasteiger partial charge >= 0.3 is 0 Å². The first-order valence-electron chi connectivity index (χ1n) is 5.72. The second-order valence-corrected chi connectivity index (χ2v) is 3.89. The van der Waals surface area contributed by atoms with E-state index in [1.54, 1.807) is 0 Å². The van der Waals surface area contributed by atoms with Gasteiger partial charge in [-0.15, -0.1) is 0 Å². The van der Waals surface area contributed by atoms with Gasteiger partial charge in [0.05, 0.1) is 0 Å². The number of likely N-dealkylation sites (N-methyl/N-ethyl adjacent to an activating group) is 1. The van der Waals surface area contributed by atoms with E-state index in [4.69, 9.17) is 0 Å². The second-order valence-electron chi connectivity index (χ2n) is 3.89. The van der Waals surface area contributed by atoms with Gasteiger partial charge in [0.1, 0.15) is 5.82 Å². The molecule has 0 fully saturated rings. The lowest BCUT2D eigenvalue weighted by Crippen LogP contribution is -2.32. The Morgan fingerprint density at radius 1 is 1.40 bits per heavy atom. The smallest absolute Gasteiger partial charge is 0.125 e. The molecule has 1 rings (SSSR count). The summed E-state index contributed by atoms with van der Waals surface area (Å²) in [6.07, 6.45) is 2.95. The SMILES string of the molecule is CCNC(C)C(CC)c1ccnc(C)n1. The molecule has 0 spiro atoms. The Hall–Kier alpha value is -0.960. The molecule has 0 amide bonds. The van der Waals surface area contributed by atoms with Crippen LogP contribution in [0.25, 0.3) is 0 Å². The van der Waals surface area contributed by atoms with E-state index in [9.17, 15) is 0 Å². The predicted molar refractivity (Wildman–Crippen MR) is 62.9 cm³/mol. The Bertz CT molecular complexity index is 299. The van der Waals surface area contributed by atoms with Crippen LogP contribution in [-0.2, 0) is 0 Å². The molecular weight excluding hydrogens is 186 g/mol. The van der Waals surface area contributed by atoms with Crippen LogP contribution in [0.2, 0.25) is 0 Å². The Morgan fingerprint density at radius 2 is 2.13 bits per heavy atom. The molecule has 15 heavy (non-hydrogen) atoms. The molecule has 0 aliphatic heterocycles. The molecule has 2 unspecified atom stereocenters. The zero-order valence-electron chi connectivity index (χ0n) is 10.1. The first-order valence-corrected chi connectivity index (χ1v) is 5.72. The van der Waals surface area contributed by atoms with E-state index in [2.05, 4.69) is 36.1 Å². The Labute approximate surface area is 92.3 Å². The summed E-state index contributed by atoms with van der Waals surface area (Å²) in [4.78, 5) is 8.63. The highest BCUT2D eigenvalue weighted by Gasteiger charge is 2.17. The maximum Gasteiger partial charge on any atom is 0.125 e. The molecule has 0 radical (unpaired) electrons. The molecule has 2 atom stereocenters. The third-order valence-electron chi connectivity index (χ3n) is 2.75. The van der Waals surface area contributed by atoms with Crippen molar-refractivity contribution in [2.24, 2.45) is 0 Å². The fourth-order valence-corrected chi connectivity index (χ4v) is 1.96. The van der Waals surface area contributed by atoms with Crippen LogP contribution in [0.5, 0.6) is 0 Å². The van der Waals surface area contributed by atoms with E-state index in [0.717, 1.165) is 24.5 Å². The maximum absolute atomic E-state index is 4.50. The summed E-state index contributed by atoms with van der Waals surface area (Å²) >= 11 is 0. The number of aromatic nitrogens is 2. The second kappa shape index (κ2) is 5.81. The Kier molecular flexibility index (Phi) is 4.69. The van der Waals surface area contributed by atoms with Crippen molar-refractivity contribution in [1.82, 2.24) is 15.3 Å². The molecule has 0 saturated carbocycles. The first kappa shape index (κ1) is 12.1. The fraction of sp³-hybridized carbons (Fsp3) is 0.667. The zero-order chi connectivity index (χ0) is 11.3. The van der Waals surface area contributed by atoms with Crippen LogP contribution in [0.1, 0.15) is 44.6 Å². The van der Waals surface area contributed by atoms with E-state index in [1.165, 1.54) is 0 Å². The van der Waals surface area contributed by atoms with Gasteiger partial charge in [-0.3, -0.25) is 0 Å². The van der Waals surface area contributed by atoms with Gasteiger partial charge in [0.15, 0.2) is 0 Å². The van der Waals surface area contributed by atoms with Gasteiger partial charge in [-0.2, -0.15) is 0 Å². The fourth-order valence-electron chi connectivity index (χ4n) is 1.96. The number of nitrogens with zero attached hydrogens (tertiary/aromatic N) is 2. The quantitative estimate of drug-likeness (QED) is 0.805. The van der Waals surface area contributed by atoms with Crippen LogP contribution < -0.4 is 5.32 Å². The summed E-state index contributed by atoms with van der Waals surface area (Å²) in [5, 5.41) is 3.45. The van der Waals surface area contributed by atoms with Crippen LogP contribution in [0, 0.1) is 6.92 Å². The molecule has 0 saturated heterocycles. The zero-order valence-corrected chi connectivity index (χ0v) is 10.1. The van der Waals surface area contributed by atoms with Crippen molar-refractivity contribution in [2.45, 2.75) is 46.1 Å². The topological polar surface area (TPSA) is 37.8 Å². The number of rotatable bonds is 5. The largest absolute Gasteiger partial charge is 0.314 e. The van der Waals surface area contributed by atoms with E-state index in [1.807, 2.05) is 19.2 Å². The van der Waals surface area contributed by atoms with Crippen molar-refractivity contribution in [3.63, 3.8) is 0 Å². The molecule has 0 aromatic carbocycles. The van der Waals surface area contributed by atoms with Gasteiger partial charge in [0.25, 0.3) is 0 Å². The van der Waals surface area contributed by atoms with Gasteiger partial charge < -0.3 is 5.32 Å². The van der Waals surface area contributed by atoms with E-state index in [-0.39, 0.29) is 0 Å². The van der Waals surface area contributed by atoms with Crippen LogP contribution in [0.15, 0.2) is 12.3 Å². The normalized spacial score (nSPS) is 14.9. The van der Waals surface area contributed by atoms with Crippen molar-refractivity contribution in [1.29, 1.82) is 0 Å². The highest BCUT2D eigenvalue weighted by molar-refractivity contribution is 5.10. The summed E-state index contributed by atoms with van der Waals surface area (Å²) < 4.78 is 0. The Balaban J connectivity index is 2.82. The summed E-state index contributed by atoms with van der Waals surface area (Å²) in [5.74, 6) is 1.33. The number of hydrogen-bond acceptors (Lipinski definition) is 3. The average molecular weight is 207 g/mol. The lowest BCUT2D eigenvalue weighted by molar-refractivity contribution is 0.451. The summed E-state index contributed by atoms with van der Waals surface area (Å²) in [6.45, 7) is 9.50. The molecule has 1 aromatic rings. The Morgan fingerprint density at radius 3 is 2.67 bits per heavy atom. The summed E-state index contributed by atoms with van der Waals surface area (Å²) in [5.41, 5.74) is 1.15. The minimum atomic E-state index is 0.467. The van der Waals surface area contributed by atoms with E-state index in [0.29, 0.717) is 12.0 Å². The number of nitrogens with one attached hydrogen (secondary N) is 1. The van der Waals surface area contributed by atoms with Gasteiger partial charge in [-0.05, 0) is 32.9 Å². The molecule has 1 N–H and O–H groups in total. The van der Waals surface area contributed by atoms with E-state index < -0.39 is 0 Å². The third-order valence-corrected chi connectivity index (χ3v) is 2.75. The highest BCUT2D eigenvalue weighted by Crippen LogP contribution is 2.21. The monoisotopic (exact) mass is 207 g/mol. The molecular formula is C12H21N3. The average Bonchev–Trinajstić information content (AvgIpc) is 2.19. The molecule has 0 aliphatic rings. The van der Waals surface area contributed by atoms with Crippen molar-refractivity contribution >= 4 is 0 Å².